The van der Waals surface area contributed by atoms with Gasteiger partial charge in [-0.1, -0.05) is 43.7 Å². The van der Waals surface area contributed by atoms with Crippen LogP contribution in [0.1, 0.15) is 35.3 Å². The first-order valence-electron chi connectivity index (χ1n) is 7.63. The van der Waals surface area contributed by atoms with Crippen molar-refractivity contribution in [3.8, 4) is 11.6 Å². The highest BCUT2D eigenvalue weighted by molar-refractivity contribution is 5.94. The lowest BCUT2D eigenvalue weighted by Crippen LogP contribution is -2.36. The summed E-state index contributed by atoms with van der Waals surface area (Å²) in [5, 5.41) is 16.4. The van der Waals surface area contributed by atoms with Crippen LogP contribution >= 0.6 is 0 Å². The van der Waals surface area contributed by atoms with Crippen LogP contribution in [0.15, 0.2) is 41.0 Å². The zero-order valence-electron chi connectivity index (χ0n) is 13.8. The smallest absolute Gasteiger partial charge is 0.254 e. The topological polar surface area (TPSA) is 96.7 Å². The van der Waals surface area contributed by atoms with Gasteiger partial charge in [0.15, 0.2) is 5.76 Å². The summed E-state index contributed by atoms with van der Waals surface area (Å²) in [6.45, 7) is 6.77. The second kappa shape index (κ2) is 6.27. The van der Waals surface area contributed by atoms with Gasteiger partial charge in [0.2, 0.25) is 5.82 Å². The average Bonchev–Trinajstić information content (AvgIpc) is 3.23. The normalized spacial score (nSPS) is 11.5. The predicted molar refractivity (Wildman–Crippen MR) is 88.4 cm³/mol. The van der Waals surface area contributed by atoms with Crippen molar-refractivity contribution in [3.05, 3.63) is 53.3 Å². The molecule has 7 heteroatoms. The maximum Gasteiger partial charge on any atom is 0.254 e. The highest BCUT2D eigenvalue weighted by Gasteiger charge is 2.22. The Hall–Kier alpha value is -2.96. The molecule has 0 fully saturated rings. The Bertz CT molecular complexity index is 836. The van der Waals surface area contributed by atoms with E-state index >= 15 is 0 Å². The van der Waals surface area contributed by atoms with Crippen molar-refractivity contribution in [1.82, 2.24) is 25.9 Å². The van der Waals surface area contributed by atoms with Crippen LogP contribution in [-0.2, 0) is 5.41 Å². The quantitative estimate of drug-likeness (QED) is 0.751. The summed E-state index contributed by atoms with van der Waals surface area (Å²) in [5.74, 6) is 0.509. The molecule has 1 amide bonds. The molecular formula is C17H19N5O2. The van der Waals surface area contributed by atoms with Crippen molar-refractivity contribution in [3.63, 3.8) is 0 Å². The number of nitrogens with one attached hydrogen (secondary N) is 2. The summed E-state index contributed by atoms with van der Waals surface area (Å²) in [6.07, 6.45) is 1.39. The van der Waals surface area contributed by atoms with Crippen LogP contribution < -0.4 is 5.32 Å². The van der Waals surface area contributed by atoms with Crippen molar-refractivity contribution in [1.29, 1.82) is 0 Å². The van der Waals surface area contributed by atoms with Crippen LogP contribution in [-0.4, -0.2) is 33.1 Å². The lowest BCUT2D eigenvalue weighted by atomic mass is 9.84. The first-order chi connectivity index (χ1) is 11.5. The number of aryl methyl sites for hydroxylation is 1. The van der Waals surface area contributed by atoms with E-state index in [0.717, 1.165) is 0 Å². The van der Waals surface area contributed by atoms with Gasteiger partial charge in [0.1, 0.15) is 6.26 Å². The van der Waals surface area contributed by atoms with Crippen LogP contribution in [0.2, 0.25) is 0 Å². The third-order valence-corrected chi connectivity index (χ3v) is 3.92. The van der Waals surface area contributed by atoms with E-state index < -0.39 is 0 Å². The van der Waals surface area contributed by atoms with Crippen LogP contribution in [0.5, 0.6) is 0 Å². The zero-order valence-corrected chi connectivity index (χ0v) is 13.8. The number of tetrazole rings is 1. The fraction of sp³-hybridized carbons (Fsp3) is 0.294. The second-order valence-electron chi connectivity index (χ2n) is 6.37. The molecule has 3 rings (SSSR count). The first kappa shape index (κ1) is 15.9. The van der Waals surface area contributed by atoms with Gasteiger partial charge >= 0.3 is 0 Å². The Morgan fingerprint density at radius 2 is 2.17 bits per heavy atom. The molecule has 7 nitrogen and oxygen atoms in total. The molecule has 2 aromatic heterocycles. The maximum absolute atomic E-state index is 12.3. The van der Waals surface area contributed by atoms with Gasteiger partial charge < -0.3 is 9.73 Å². The molecule has 0 saturated heterocycles. The van der Waals surface area contributed by atoms with Gasteiger partial charge in [0, 0.05) is 18.0 Å². The molecule has 124 valence electrons. The highest BCUT2D eigenvalue weighted by Crippen LogP contribution is 2.23. The van der Waals surface area contributed by atoms with Gasteiger partial charge in [0.25, 0.3) is 5.91 Å². The van der Waals surface area contributed by atoms with Crippen molar-refractivity contribution in [2.75, 3.05) is 6.54 Å². The third-order valence-electron chi connectivity index (χ3n) is 3.92. The van der Waals surface area contributed by atoms with Crippen LogP contribution in [0.4, 0.5) is 0 Å². The molecule has 0 spiro atoms. The van der Waals surface area contributed by atoms with Crippen molar-refractivity contribution < 1.29 is 9.21 Å². The number of aromatic nitrogens is 4. The summed E-state index contributed by atoms with van der Waals surface area (Å²) in [7, 11) is 0. The number of hydrogen-bond acceptors (Lipinski definition) is 5. The number of carbonyl (C=O) groups excluding carboxylic acids is 1. The largest absolute Gasteiger partial charge is 0.460 e. The fourth-order valence-corrected chi connectivity index (χ4v) is 2.41. The SMILES string of the molecule is Cc1cccc(C(C)(C)CNC(=O)c2coc(-c3nn[nH]n3)c2)c1. The molecular weight excluding hydrogens is 306 g/mol. The molecule has 0 radical (unpaired) electrons. The molecule has 0 atom stereocenters. The minimum absolute atomic E-state index is 0.179. The molecule has 0 aliphatic heterocycles. The number of benzene rings is 1. The van der Waals surface area contributed by atoms with Crippen LogP contribution in [0, 0.1) is 6.92 Å². The second-order valence-corrected chi connectivity index (χ2v) is 6.37. The van der Waals surface area contributed by atoms with E-state index in [9.17, 15) is 4.79 Å². The fourth-order valence-electron chi connectivity index (χ4n) is 2.41. The Morgan fingerprint density at radius 3 is 2.88 bits per heavy atom. The number of aromatic amines is 1. The Morgan fingerprint density at radius 1 is 1.33 bits per heavy atom. The minimum atomic E-state index is -0.200. The maximum atomic E-state index is 12.3. The van der Waals surface area contributed by atoms with Gasteiger partial charge in [-0.15, -0.1) is 10.2 Å². The number of amides is 1. The van der Waals surface area contributed by atoms with Crippen molar-refractivity contribution in [2.24, 2.45) is 0 Å². The minimum Gasteiger partial charge on any atom is -0.460 e. The third kappa shape index (κ3) is 3.34. The lowest BCUT2D eigenvalue weighted by molar-refractivity contribution is 0.0945. The van der Waals surface area contributed by atoms with E-state index in [4.69, 9.17) is 4.42 Å². The van der Waals surface area contributed by atoms with Gasteiger partial charge in [0.05, 0.1) is 5.56 Å². The summed E-state index contributed by atoms with van der Waals surface area (Å²) in [6, 6.07) is 9.90. The van der Waals surface area contributed by atoms with Gasteiger partial charge in [-0.25, -0.2) is 0 Å². The summed E-state index contributed by atoms with van der Waals surface area (Å²) in [5.41, 5.74) is 2.63. The van der Waals surface area contributed by atoms with Crippen molar-refractivity contribution in [2.45, 2.75) is 26.2 Å². The summed E-state index contributed by atoms with van der Waals surface area (Å²) >= 11 is 0. The molecule has 0 saturated carbocycles. The van der Waals surface area contributed by atoms with E-state index in [2.05, 4.69) is 64.9 Å². The van der Waals surface area contributed by atoms with Gasteiger partial charge in [-0.05, 0) is 17.7 Å². The van der Waals surface area contributed by atoms with Crippen molar-refractivity contribution >= 4 is 5.91 Å². The molecule has 0 aliphatic rings. The molecule has 0 unspecified atom stereocenters. The number of rotatable bonds is 5. The number of nitrogens with zero attached hydrogens (tertiary/aromatic N) is 3. The monoisotopic (exact) mass is 325 g/mol. The molecule has 24 heavy (non-hydrogen) atoms. The zero-order chi connectivity index (χ0) is 17.2. The van der Waals surface area contributed by atoms with Crippen LogP contribution in [0.25, 0.3) is 11.6 Å². The molecule has 3 aromatic rings. The molecule has 1 aromatic carbocycles. The van der Waals surface area contributed by atoms with Crippen LogP contribution in [0.3, 0.4) is 0 Å². The Kier molecular flexibility index (Phi) is 4.16. The highest BCUT2D eigenvalue weighted by atomic mass is 16.3. The van der Waals surface area contributed by atoms with Gasteiger partial charge in [-0.3, -0.25) is 4.79 Å². The summed E-state index contributed by atoms with van der Waals surface area (Å²) < 4.78 is 5.32. The van der Waals surface area contributed by atoms with Gasteiger partial charge in [-0.2, -0.15) is 5.21 Å². The molecule has 0 aliphatic carbocycles. The van der Waals surface area contributed by atoms with E-state index in [1.54, 1.807) is 6.07 Å². The number of furan rings is 1. The van der Waals surface area contributed by atoms with E-state index in [1.807, 2.05) is 6.07 Å². The number of carbonyl (C=O) groups is 1. The summed E-state index contributed by atoms with van der Waals surface area (Å²) in [4.78, 5) is 12.3. The average molecular weight is 325 g/mol. The molecule has 2 N–H and O–H groups in total. The predicted octanol–water partition coefficient (Wildman–Crippen LogP) is 2.48. The Balaban J connectivity index is 1.67. The number of hydrogen-bond donors (Lipinski definition) is 2. The van der Waals surface area contributed by atoms with E-state index in [1.165, 1.54) is 17.4 Å². The van der Waals surface area contributed by atoms with E-state index in [-0.39, 0.29) is 11.3 Å². The number of H-pyrrole nitrogens is 1. The Labute approximate surface area is 139 Å². The molecule has 2 heterocycles. The first-order valence-corrected chi connectivity index (χ1v) is 7.63. The molecule has 0 bridgehead atoms. The lowest BCUT2D eigenvalue weighted by Gasteiger charge is -2.26. The van der Waals surface area contributed by atoms with E-state index in [0.29, 0.717) is 23.7 Å². The standard InChI is InChI=1S/C17H19N5O2/c1-11-5-4-6-13(7-11)17(2,3)10-18-16(23)12-8-14(24-9-12)15-19-21-22-20-15/h4-9H,10H2,1-3H3,(H,18,23)(H,19,20,21,22).